The molecule has 0 radical (unpaired) electrons. The third-order valence-electron chi connectivity index (χ3n) is 4.80. The van der Waals surface area contributed by atoms with Gasteiger partial charge in [0, 0.05) is 32.2 Å². The molecule has 5 nitrogen and oxygen atoms in total. The van der Waals surface area contributed by atoms with Gasteiger partial charge in [-0.3, -0.25) is 4.99 Å². The van der Waals surface area contributed by atoms with Crippen LogP contribution in [0, 0.1) is 5.92 Å². The first-order chi connectivity index (χ1) is 12.7. The molecule has 2 N–H and O–H groups in total. The number of alkyl halides is 2. The summed E-state index contributed by atoms with van der Waals surface area (Å²) in [6.45, 7) is 2.43. The maximum absolute atomic E-state index is 12.6. The first-order valence-corrected chi connectivity index (χ1v) is 9.49. The zero-order chi connectivity index (χ0) is 18.4. The van der Waals surface area contributed by atoms with Gasteiger partial charge in [-0.05, 0) is 37.8 Å². The van der Waals surface area contributed by atoms with Crippen molar-refractivity contribution in [1.82, 2.24) is 10.6 Å². The zero-order valence-corrected chi connectivity index (χ0v) is 18.0. The van der Waals surface area contributed by atoms with Crippen LogP contribution >= 0.6 is 24.0 Å². The molecule has 0 spiro atoms. The second kappa shape index (κ2) is 10.9. The third-order valence-corrected chi connectivity index (χ3v) is 4.80. The largest absolute Gasteiger partial charge is 0.433 e. The van der Waals surface area contributed by atoms with Gasteiger partial charge in [-0.15, -0.1) is 24.0 Å². The zero-order valence-electron chi connectivity index (χ0n) is 15.7. The fourth-order valence-corrected chi connectivity index (χ4v) is 3.29. The number of aliphatic imine (C=N–C) groups is 1. The molecule has 1 saturated heterocycles. The number of halogens is 3. The van der Waals surface area contributed by atoms with Crippen LogP contribution in [-0.4, -0.2) is 44.8 Å². The van der Waals surface area contributed by atoms with E-state index in [0.717, 1.165) is 50.9 Å². The number of ether oxygens (including phenoxy) is 1. The summed E-state index contributed by atoms with van der Waals surface area (Å²) >= 11 is 0. The fraction of sp³-hybridized carbons (Fsp3) is 0.632. The van der Waals surface area contributed by atoms with Crippen molar-refractivity contribution < 1.29 is 13.5 Å². The molecule has 1 aliphatic carbocycles. The van der Waals surface area contributed by atoms with Crippen molar-refractivity contribution >= 4 is 35.6 Å². The minimum absolute atomic E-state index is 0. The number of rotatable bonds is 8. The fourth-order valence-electron chi connectivity index (χ4n) is 3.29. The standard InChI is InChI=1S/C19H28F2N4O.HI/c1-2-22-19(23-11-9-14-7-8-14)24-15-10-12-25(13-15)16-5-3-4-6-17(16)26-18(20)21;/h3-6,14-15,18H,2,7-13H2,1H3,(H2,22,23,24);1H. The van der Waals surface area contributed by atoms with Crippen LogP contribution < -0.4 is 20.3 Å². The van der Waals surface area contributed by atoms with Gasteiger partial charge in [0.05, 0.1) is 5.69 Å². The van der Waals surface area contributed by atoms with Crippen molar-refractivity contribution in [3.63, 3.8) is 0 Å². The van der Waals surface area contributed by atoms with E-state index < -0.39 is 6.61 Å². The highest BCUT2D eigenvalue weighted by molar-refractivity contribution is 14.0. The summed E-state index contributed by atoms with van der Waals surface area (Å²) in [5, 5.41) is 6.77. The van der Waals surface area contributed by atoms with Crippen molar-refractivity contribution in [3.8, 4) is 5.75 Å². The van der Waals surface area contributed by atoms with Crippen LogP contribution in [-0.2, 0) is 0 Å². The molecule has 1 heterocycles. The Labute approximate surface area is 177 Å². The minimum atomic E-state index is -2.81. The van der Waals surface area contributed by atoms with Crippen molar-refractivity contribution in [3.05, 3.63) is 24.3 Å². The molecule has 1 atom stereocenters. The van der Waals surface area contributed by atoms with Gasteiger partial charge in [-0.2, -0.15) is 8.78 Å². The number of para-hydroxylation sites is 2. The van der Waals surface area contributed by atoms with E-state index in [1.165, 1.54) is 12.8 Å². The predicted molar refractivity (Wildman–Crippen MR) is 116 cm³/mol. The van der Waals surface area contributed by atoms with E-state index >= 15 is 0 Å². The van der Waals surface area contributed by atoms with Gasteiger partial charge >= 0.3 is 6.61 Å². The maximum atomic E-state index is 12.6. The Bertz CT molecular complexity index is 613. The summed E-state index contributed by atoms with van der Waals surface area (Å²) in [6.07, 6.45) is 4.77. The van der Waals surface area contributed by atoms with Crippen molar-refractivity contribution in [2.45, 2.75) is 45.3 Å². The second-order valence-corrected chi connectivity index (χ2v) is 6.91. The molecule has 1 saturated carbocycles. The lowest BCUT2D eigenvalue weighted by molar-refractivity contribution is -0.0495. The molecule has 0 aromatic heterocycles. The Kier molecular flexibility index (Phi) is 8.85. The van der Waals surface area contributed by atoms with Gasteiger partial charge < -0.3 is 20.3 Å². The molecule has 152 valence electrons. The summed E-state index contributed by atoms with van der Waals surface area (Å²) in [4.78, 5) is 6.75. The van der Waals surface area contributed by atoms with Crippen LogP contribution in [0.15, 0.2) is 29.3 Å². The van der Waals surface area contributed by atoms with Gasteiger partial charge in [-0.1, -0.05) is 25.0 Å². The Hall–Kier alpha value is -1.32. The van der Waals surface area contributed by atoms with E-state index in [-0.39, 0.29) is 35.8 Å². The van der Waals surface area contributed by atoms with E-state index in [2.05, 4.69) is 32.2 Å². The maximum Gasteiger partial charge on any atom is 0.387 e. The SMILES string of the molecule is CCNC(=NCCC1CC1)NC1CCN(c2ccccc2OC(F)F)C1.I. The lowest BCUT2D eigenvalue weighted by Crippen LogP contribution is -2.44. The highest BCUT2D eigenvalue weighted by Crippen LogP contribution is 2.32. The second-order valence-electron chi connectivity index (χ2n) is 6.91. The number of nitrogens with zero attached hydrogens (tertiary/aromatic N) is 2. The smallest absolute Gasteiger partial charge is 0.387 e. The topological polar surface area (TPSA) is 48.9 Å². The van der Waals surface area contributed by atoms with Crippen molar-refractivity contribution in [2.75, 3.05) is 31.1 Å². The molecular formula is C19H29F2IN4O. The minimum Gasteiger partial charge on any atom is -0.433 e. The lowest BCUT2D eigenvalue weighted by atomic mass is 10.2. The van der Waals surface area contributed by atoms with Crippen LogP contribution in [0.2, 0.25) is 0 Å². The molecule has 2 aliphatic rings. The number of hydrogen-bond acceptors (Lipinski definition) is 3. The summed E-state index contributed by atoms with van der Waals surface area (Å²) < 4.78 is 29.9. The van der Waals surface area contributed by atoms with Crippen LogP contribution in [0.3, 0.4) is 0 Å². The molecule has 0 bridgehead atoms. The van der Waals surface area contributed by atoms with E-state index in [1.807, 2.05) is 12.1 Å². The Balaban J connectivity index is 0.00000261. The highest BCUT2D eigenvalue weighted by Gasteiger charge is 2.26. The quantitative estimate of drug-likeness (QED) is 0.328. The summed E-state index contributed by atoms with van der Waals surface area (Å²) in [5.41, 5.74) is 0.716. The average molecular weight is 494 g/mol. The lowest BCUT2D eigenvalue weighted by Gasteiger charge is -2.22. The predicted octanol–water partition coefficient (Wildman–Crippen LogP) is 3.84. The van der Waals surface area contributed by atoms with E-state index in [1.54, 1.807) is 12.1 Å². The van der Waals surface area contributed by atoms with Gasteiger partial charge in [0.1, 0.15) is 5.75 Å². The van der Waals surface area contributed by atoms with E-state index in [4.69, 9.17) is 0 Å². The van der Waals surface area contributed by atoms with Crippen molar-refractivity contribution in [2.24, 2.45) is 10.9 Å². The number of benzene rings is 1. The summed E-state index contributed by atoms with van der Waals surface area (Å²) in [6, 6.07) is 7.20. The van der Waals surface area contributed by atoms with Crippen LogP contribution in [0.4, 0.5) is 14.5 Å². The van der Waals surface area contributed by atoms with Crippen LogP contribution in [0.25, 0.3) is 0 Å². The third kappa shape index (κ3) is 6.97. The van der Waals surface area contributed by atoms with E-state index in [9.17, 15) is 8.78 Å². The molecule has 1 unspecified atom stereocenters. The first-order valence-electron chi connectivity index (χ1n) is 9.49. The summed E-state index contributed by atoms with van der Waals surface area (Å²) in [7, 11) is 0. The molecule has 1 aromatic rings. The number of anilines is 1. The Morgan fingerprint density at radius 1 is 1.30 bits per heavy atom. The Morgan fingerprint density at radius 2 is 2.07 bits per heavy atom. The van der Waals surface area contributed by atoms with Gasteiger partial charge in [0.15, 0.2) is 5.96 Å². The summed E-state index contributed by atoms with van der Waals surface area (Å²) in [5.74, 6) is 1.94. The Morgan fingerprint density at radius 3 is 2.78 bits per heavy atom. The molecule has 8 heteroatoms. The molecule has 1 aliphatic heterocycles. The van der Waals surface area contributed by atoms with Crippen LogP contribution in [0.1, 0.15) is 32.6 Å². The molecular weight excluding hydrogens is 465 g/mol. The normalized spacial score (nSPS) is 19.8. The van der Waals surface area contributed by atoms with Gasteiger partial charge in [0.25, 0.3) is 0 Å². The van der Waals surface area contributed by atoms with Gasteiger partial charge in [-0.25, -0.2) is 0 Å². The molecule has 3 rings (SSSR count). The van der Waals surface area contributed by atoms with Gasteiger partial charge in [0.2, 0.25) is 0 Å². The first kappa shape index (κ1) is 22.0. The molecule has 1 aromatic carbocycles. The van der Waals surface area contributed by atoms with Crippen molar-refractivity contribution in [1.29, 1.82) is 0 Å². The molecule has 2 fully saturated rings. The molecule has 27 heavy (non-hydrogen) atoms. The van der Waals surface area contributed by atoms with E-state index in [0.29, 0.717) is 5.69 Å². The molecule has 0 amide bonds. The van der Waals surface area contributed by atoms with Crippen LogP contribution in [0.5, 0.6) is 5.75 Å². The highest BCUT2D eigenvalue weighted by atomic mass is 127. The monoisotopic (exact) mass is 494 g/mol. The number of guanidine groups is 1. The number of hydrogen-bond donors (Lipinski definition) is 2. The average Bonchev–Trinajstić information content (AvgIpc) is 3.32. The number of nitrogens with one attached hydrogen (secondary N) is 2.